The molecule has 0 aromatic carbocycles. The van der Waals surface area contributed by atoms with Gasteiger partial charge in [-0.1, -0.05) is 6.92 Å². The smallest absolute Gasteiger partial charge is 0.252 e. The van der Waals surface area contributed by atoms with Gasteiger partial charge in [-0.05, 0) is 12.8 Å². The maximum absolute atomic E-state index is 11.5. The van der Waals surface area contributed by atoms with Gasteiger partial charge in [-0.15, -0.1) is 0 Å². The van der Waals surface area contributed by atoms with Crippen LogP contribution >= 0.6 is 0 Å². The zero-order valence-electron chi connectivity index (χ0n) is 10.9. The average molecular weight is 249 g/mol. The molecule has 0 unspecified atom stereocenters. The van der Waals surface area contributed by atoms with Gasteiger partial charge >= 0.3 is 0 Å². The van der Waals surface area contributed by atoms with E-state index in [2.05, 4.69) is 9.97 Å². The molecule has 1 fully saturated rings. The van der Waals surface area contributed by atoms with E-state index in [0.717, 1.165) is 12.8 Å². The van der Waals surface area contributed by atoms with Gasteiger partial charge < -0.3 is 9.88 Å². The zero-order valence-corrected chi connectivity index (χ0v) is 10.9. The first kappa shape index (κ1) is 12.8. The van der Waals surface area contributed by atoms with Crippen LogP contribution in [0.5, 0.6) is 0 Å². The second kappa shape index (κ2) is 5.33. The highest BCUT2D eigenvalue weighted by molar-refractivity contribution is 5.79. The molecule has 1 N–H and O–H groups in total. The van der Waals surface area contributed by atoms with E-state index < -0.39 is 0 Å². The lowest BCUT2D eigenvalue weighted by molar-refractivity contribution is -0.120. The number of hydrogen-bond acceptors (Lipinski definition) is 4. The summed E-state index contributed by atoms with van der Waals surface area (Å²) in [5, 5.41) is 0. The number of H-pyrrole nitrogens is 1. The fourth-order valence-electron chi connectivity index (χ4n) is 2.34. The second-order valence-electron chi connectivity index (χ2n) is 4.78. The van der Waals surface area contributed by atoms with Crippen molar-refractivity contribution in [3.05, 3.63) is 22.2 Å². The predicted molar refractivity (Wildman–Crippen MR) is 69.9 cm³/mol. The van der Waals surface area contributed by atoms with E-state index in [4.69, 9.17) is 0 Å². The number of rotatable bonds is 3. The number of aryl methyl sites for hydroxylation is 1. The fourth-order valence-corrected chi connectivity index (χ4v) is 2.34. The van der Waals surface area contributed by atoms with Crippen molar-refractivity contribution in [2.75, 3.05) is 11.9 Å². The number of ketones is 1. The number of anilines is 1. The minimum atomic E-state index is -0.115. The van der Waals surface area contributed by atoms with Crippen LogP contribution in [0.25, 0.3) is 0 Å². The molecule has 5 heteroatoms. The van der Waals surface area contributed by atoms with E-state index in [1.165, 1.54) is 6.07 Å². The van der Waals surface area contributed by atoms with Crippen molar-refractivity contribution in [1.29, 1.82) is 0 Å². The third-order valence-corrected chi connectivity index (χ3v) is 3.53. The molecule has 1 aromatic heterocycles. The molecular weight excluding hydrogens is 230 g/mol. The van der Waals surface area contributed by atoms with Crippen LogP contribution in [0.3, 0.4) is 0 Å². The van der Waals surface area contributed by atoms with E-state index in [-0.39, 0.29) is 5.56 Å². The molecule has 1 heterocycles. The van der Waals surface area contributed by atoms with Gasteiger partial charge in [-0.2, -0.15) is 0 Å². The molecule has 18 heavy (non-hydrogen) atoms. The van der Waals surface area contributed by atoms with E-state index in [1.54, 1.807) is 0 Å². The molecule has 0 atom stereocenters. The first-order valence-corrected chi connectivity index (χ1v) is 6.45. The Balaban J connectivity index is 2.17. The van der Waals surface area contributed by atoms with Crippen molar-refractivity contribution >= 4 is 11.6 Å². The van der Waals surface area contributed by atoms with Gasteiger partial charge in [-0.25, -0.2) is 4.98 Å². The summed E-state index contributed by atoms with van der Waals surface area (Å²) in [4.78, 5) is 31.9. The number of aromatic amines is 1. The molecular formula is C13H19N3O2. The third kappa shape index (κ3) is 2.78. The van der Waals surface area contributed by atoms with Crippen molar-refractivity contribution in [3.63, 3.8) is 0 Å². The Morgan fingerprint density at radius 3 is 2.67 bits per heavy atom. The van der Waals surface area contributed by atoms with Gasteiger partial charge in [0.05, 0.1) is 0 Å². The molecule has 0 saturated heterocycles. The van der Waals surface area contributed by atoms with Gasteiger partial charge in [0.1, 0.15) is 17.4 Å². The lowest BCUT2D eigenvalue weighted by Crippen LogP contribution is -2.36. The quantitative estimate of drug-likeness (QED) is 0.876. The summed E-state index contributed by atoms with van der Waals surface area (Å²) < 4.78 is 0. The SMILES string of the molecule is CCc1nc(N(C)C2CCC(=O)CC2)cc(=O)[nH]1. The maximum Gasteiger partial charge on any atom is 0.252 e. The van der Waals surface area contributed by atoms with Gasteiger partial charge in [-0.3, -0.25) is 9.59 Å². The Kier molecular flexibility index (Phi) is 3.79. The Bertz CT molecular complexity index is 485. The van der Waals surface area contributed by atoms with E-state index in [1.807, 2.05) is 18.9 Å². The van der Waals surface area contributed by atoms with Gasteiger partial charge in [0.25, 0.3) is 5.56 Å². The lowest BCUT2D eigenvalue weighted by Gasteiger charge is -2.31. The summed E-state index contributed by atoms with van der Waals surface area (Å²) in [5.41, 5.74) is -0.115. The summed E-state index contributed by atoms with van der Waals surface area (Å²) in [6, 6.07) is 1.83. The third-order valence-electron chi connectivity index (χ3n) is 3.53. The van der Waals surface area contributed by atoms with Crippen LogP contribution < -0.4 is 10.5 Å². The normalized spacial score (nSPS) is 16.9. The van der Waals surface area contributed by atoms with Crippen LogP contribution in [0.4, 0.5) is 5.82 Å². The zero-order chi connectivity index (χ0) is 13.1. The number of carbonyl (C=O) groups is 1. The highest BCUT2D eigenvalue weighted by atomic mass is 16.1. The first-order chi connectivity index (χ1) is 8.60. The summed E-state index contributed by atoms with van der Waals surface area (Å²) in [6.45, 7) is 1.96. The lowest BCUT2D eigenvalue weighted by atomic mass is 9.93. The van der Waals surface area contributed by atoms with Crippen LogP contribution in [0.2, 0.25) is 0 Å². The molecule has 0 radical (unpaired) electrons. The Labute approximate surface area is 106 Å². The molecule has 1 aliphatic rings. The summed E-state index contributed by atoms with van der Waals surface area (Å²) >= 11 is 0. The summed E-state index contributed by atoms with van der Waals surface area (Å²) in [7, 11) is 1.95. The predicted octanol–water partition coefficient (Wildman–Crippen LogP) is 1.28. The molecule has 98 valence electrons. The van der Waals surface area contributed by atoms with Gasteiger partial charge in [0, 0.05) is 38.4 Å². The Morgan fingerprint density at radius 1 is 1.39 bits per heavy atom. The largest absolute Gasteiger partial charge is 0.356 e. The maximum atomic E-state index is 11.5. The number of aromatic nitrogens is 2. The molecule has 1 aromatic rings. The number of nitrogens with zero attached hydrogens (tertiary/aromatic N) is 2. The van der Waals surface area contributed by atoms with Crippen molar-refractivity contribution in [3.8, 4) is 0 Å². The molecule has 0 aliphatic heterocycles. The molecule has 1 aliphatic carbocycles. The van der Waals surface area contributed by atoms with Crippen LogP contribution in [-0.4, -0.2) is 28.8 Å². The molecule has 1 saturated carbocycles. The Hall–Kier alpha value is -1.65. The molecule has 0 spiro atoms. The highest BCUT2D eigenvalue weighted by Crippen LogP contribution is 2.22. The van der Waals surface area contributed by atoms with Crippen LogP contribution in [0.15, 0.2) is 10.9 Å². The van der Waals surface area contributed by atoms with E-state index in [9.17, 15) is 9.59 Å². The van der Waals surface area contributed by atoms with Crippen molar-refractivity contribution in [1.82, 2.24) is 9.97 Å². The summed E-state index contributed by atoms with van der Waals surface area (Å²) in [6.07, 6.45) is 3.69. The van der Waals surface area contributed by atoms with Crippen molar-refractivity contribution in [2.24, 2.45) is 0 Å². The number of nitrogens with one attached hydrogen (secondary N) is 1. The Morgan fingerprint density at radius 2 is 2.06 bits per heavy atom. The van der Waals surface area contributed by atoms with E-state index >= 15 is 0 Å². The average Bonchev–Trinajstić information content (AvgIpc) is 2.38. The molecule has 0 amide bonds. The second-order valence-corrected chi connectivity index (χ2v) is 4.78. The van der Waals surface area contributed by atoms with Crippen molar-refractivity contribution in [2.45, 2.75) is 45.1 Å². The summed E-state index contributed by atoms with van der Waals surface area (Å²) in [5.74, 6) is 1.75. The molecule has 0 bridgehead atoms. The number of Topliss-reactive ketones (excluding diaryl/α,β-unsaturated/α-hetero) is 1. The monoisotopic (exact) mass is 249 g/mol. The van der Waals surface area contributed by atoms with Gasteiger partial charge in [0.15, 0.2) is 0 Å². The number of carbonyl (C=O) groups excluding carboxylic acids is 1. The standard InChI is InChI=1S/C13H19N3O2/c1-3-11-14-12(8-13(18)15-11)16(2)9-4-6-10(17)7-5-9/h8-9H,3-7H2,1-2H3,(H,14,15,18). The molecule has 5 nitrogen and oxygen atoms in total. The van der Waals surface area contributed by atoms with Gasteiger partial charge in [0.2, 0.25) is 0 Å². The van der Waals surface area contributed by atoms with Crippen LogP contribution in [0, 0.1) is 0 Å². The topological polar surface area (TPSA) is 66.1 Å². The molecule has 2 rings (SSSR count). The van der Waals surface area contributed by atoms with Crippen LogP contribution in [-0.2, 0) is 11.2 Å². The van der Waals surface area contributed by atoms with Crippen LogP contribution in [0.1, 0.15) is 38.4 Å². The fraction of sp³-hybridized carbons (Fsp3) is 0.615. The first-order valence-electron chi connectivity index (χ1n) is 6.45. The van der Waals surface area contributed by atoms with Crippen molar-refractivity contribution < 1.29 is 4.79 Å². The minimum Gasteiger partial charge on any atom is -0.356 e. The highest BCUT2D eigenvalue weighted by Gasteiger charge is 2.23. The minimum absolute atomic E-state index is 0.115. The number of hydrogen-bond donors (Lipinski definition) is 1. The van der Waals surface area contributed by atoms with E-state index in [0.29, 0.717) is 42.7 Å².